The minimum absolute atomic E-state index is 0.0211. The molecule has 0 bridgehead atoms. The minimum Gasteiger partial charge on any atom is -0.366 e. The van der Waals surface area contributed by atoms with Crippen LogP contribution in [0.3, 0.4) is 0 Å². The van der Waals surface area contributed by atoms with Gasteiger partial charge in [0, 0.05) is 11.4 Å². The van der Waals surface area contributed by atoms with Gasteiger partial charge in [-0.1, -0.05) is 206 Å². The lowest BCUT2D eigenvalue weighted by Crippen LogP contribution is -2.37. The number of anilines is 2. The lowest BCUT2D eigenvalue weighted by molar-refractivity contribution is 0.506. The van der Waals surface area contributed by atoms with Crippen molar-refractivity contribution in [3.8, 4) is 22.3 Å². The van der Waals surface area contributed by atoms with Crippen LogP contribution >= 0.6 is 0 Å². The van der Waals surface area contributed by atoms with Crippen molar-refractivity contribution in [2.75, 3.05) is 10.6 Å². The Bertz CT molecular complexity index is 3730. The summed E-state index contributed by atoms with van der Waals surface area (Å²) in [5, 5.41) is 28.3. The molecule has 0 amide bonds. The molecule has 0 radical (unpaired) electrons. The van der Waals surface area contributed by atoms with Crippen LogP contribution in [0.25, 0.3) is 76.1 Å². The monoisotopic (exact) mass is 896 g/mol. The van der Waals surface area contributed by atoms with E-state index < -0.39 is 0 Å². The fourth-order valence-electron chi connectivity index (χ4n) is 11.3. The summed E-state index contributed by atoms with van der Waals surface area (Å²) in [6.07, 6.45) is -0.156. The fourth-order valence-corrected chi connectivity index (χ4v) is 11.3. The first-order valence-electron chi connectivity index (χ1n) is 24.4. The zero-order valence-corrected chi connectivity index (χ0v) is 38.4. The third-order valence-corrected chi connectivity index (χ3v) is 15.0. The predicted octanol–water partition coefficient (Wildman–Crippen LogP) is 16.4. The van der Waals surface area contributed by atoms with Gasteiger partial charge in [0.05, 0.1) is 12.1 Å². The normalized spacial score (nSPS) is 17.5. The van der Waals surface area contributed by atoms with Gasteiger partial charge < -0.3 is 10.6 Å². The van der Waals surface area contributed by atoms with Crippen molar-refractivity contribution in [2.24, 2.45) is 0 Å². The zero-order valence-electron chi connectivity index (χ0n) is 38.4. The molecular weight excluding hydrogens is 849 g/mol. The van der Waals surface area contributed by atoms with Crippen molar-refractivity contribution in [1.82, 2.24) is 10.6 Å². The molecule has 332 valence electrons. The Balaban J connectivity index is 0.715. The Morgan fingerprint density at radius 2 is 0.600 bits per heavy atom. The molecule has 0 fully saturated rings. The number of nitrogens with one attached hydrogen (secondary N) is 4. The first kappa shape index (κ1) is 40.5. The van der Waals surface area contributed by atoms with E-state index in [0.717, 1.165) is 11.4 Å². The molecule has 4 atom stereocenters. The third-order valence-electron chi connectivity index (χ3n) is 15.0. The zero-order chi connectivity index (χ0) is 46.1. The molecule has 12 aromatic carbocycles. The molecule has 0 saturated carbocycles. The number of benzene rings is 12. The van der Waals surface area contributed by atoms with Crippen LogP contribution in [0, 0.1) is 0 Å². The van der Waals surface area contributed by atoms with Crippen molar-refractivity contribution in [1.29, 1.82) is 0 Å². The van der Waals surface area contributed by atoms with E-state index in [9.17, 15) is 0 Å². The third kappa shape index (κ3) is 7.08. The highest BCUT2D eigenvalue weighted by atomic mass is 15.2. The van der Waals surface area contributed by atoms with Crippen LogP contribution in [-0.4, -0.2) is 0 Å². The molecule has 0 spiro atoms. The van der Waals surface area contributed by atoms with E-state index in [-0.39, 0.29) is 24.4 Å². The molecule has 4 N–H and O–H groups in total. The van der Waals surface area contributed by atoms with Gasteiger partial charge in [0.25, 0.3) is 0 Å². The average Bonchev–Trinajstić information content (AvgIpc) is 3.44. The van der Waals surface area contributed by atoms with Crippen molar-refractivity contribution in [3.63, 3.8) is 0 Å². The van der Waals surface area contributed by atoms with E-state index in [1.807, 2.05) is 0 Å². The highest BCUT2D eigenvalue weighted by Gasteiger charge is 2.30. The lowest BCUT2D eigenvalue weighted by Gasteiger charge is -2.36. The molecule has 70 heavy (non-hydrogen) atoms. The van der Waals surface area contributed by atoms with Crippen LogP contribution in [-0.2, 0) is 0 Å². The first-order chi connectivity index (χ1) is 34.6. The topological polar surface area (TPSA) is 48.1 Å². The maximum absolute atomic E-state index is 3.99. The smallest absolute Gasteiger partial charge is 0.104 e. The Morgan fingerprint density at radius 1 is 0.243 bits per heavy atom. The molecule has 4 nitrogen and oxygen atoms in total. The molecule has 0 aliphatic carbocycles. The van der Waals surface area contributed by atoms with Crippen molar-refractivity contribution < 1.29 is 0 Å². The summed E-state index contributed by atoms with van der Waals surface area (Å²) in [4.78, 5) is 0. The highest BCUT2D eigenvalue weighted by Crippen LogP contribution is 2.41. The summed E-state index contributed by atoms with van der Waals surface area (Å²) >= 11 is 0. The van der Waals surface area contributed by atoms with Crippen molar-refractivity contribution >= 4 is 65.2 Å². The molecule has 2 aliphatic rings. The summed E-state index contributed by atoms with van der Waals surface area (Å²) in [6, 6.07) is 89.3. The maximum Gasteiger partial charge on any atom is 0.104 e. The van der Waals surface area contributed by atoms with Crippen LogP contribution < -0.4 is 21.3 Å². The molecule has 12 aromatic rings. The molecule has 4 heteroatoms. The first-order valence-corrected chi connectivity index (χ1v) is 24.4. The van der Waals surface area contributed by atoms with Crippen molar-refractivity contribution in [2.45, 2.75) is 24.4 Å². The van der Waals surface area contributed by atoms with E-state index in [2.05, 4.69) is 264 Å². The molecule has 2 aliphatic heterocycles. The van der Waals surface area contributed by atoms with Crippen LogP contribution in [0.15, 0.2) is 243 Å². The van der Waals surface area contributed by atoms with Gasteiger partial charge in [-0.25, -0.2) is 0 Å². The second-order valence-electron chi connectivity index (χ2n) is 19.1. The van der Waals surface area contributed by atoms with Crippen LogP contribution in [0.5, 0.6) is 0 Å². The Hall–Kier alpha value is -8.54. The lowest BCUT2D eigenvalue weighted by atomic mass is 9.91. The Labute approximate surface area is 407 Å². The van der Waals surface area contributed by atoms with Gasteiger partial charge in [0.2, 0.25) is 0 Å². The standard InChI is InChI=1S/C66H48N4/c1-3-11-55-43(9-1)21-29-51-37-47(33-35-57(51)55)41-17-23-45(24-18-41)63-59-13-5-7-15-61(59)67-65(69-63)53-31-27-50-40-54(32-28-49(50)39-53)66-68-62-16-8-6-14-60(62)64(70-66)46-25-19-42(20-26-46)48-34-36-58-52(38-48)30-22-44-10-2-4-12-56(44)58/h1-40,63-70H. The van der Waals surface area contributed by atoms with E-state index >= 15 is 0 Å². The highest BCUT2D eigenvalue weighted by molar-refractivity contribution is 6.09. The largest absolute Gasteiger partial charge is 0.366 e. The summed E-state index contributed by atoms with van der Waals surface area (Å²) < 4.78 is 0. The second-order valence-corrected chi connectivity index (χ2v) is 19.1. The summed E-state index contributed by atoms with van der Waals surface area (Å²) in [6.45, 7) is 0. The summed E-state index contributed by atoms with van der Waals surface area (Å²) in [5.74, 6) is 0. The van der Waals surface area contributed by atoms with Gasteiger partial charge in [0.15, 0.2) is 0 Å². The van der Waals surface area contributed by atoms with Gasteiger partial charge in [-0.2, -0.15) is 0 Å². The molecule has 0 aromatic heterocycles. The number of hydrogen-bond acceptors (Lipinski definition) is 4. The van der Waals surface area contributed by atoms with Gasteiger partial charge in [-0.05, 0) is 146 Å². The number of fused-ring (bicyclic) bond motifs is 9. The van der Waals surface area contributed by atoms with Gasteiger partial charge in [-0.15, -0.1) is 0 Å². The minimum atomic E-state index is -0.0779. The molecule has 2 heterocycles. The van der Waals surface area contributed by atoms with Gasteiger partial charge in [-0.3, -0.25) is 10.6 Å². The average molecular weight is 897 g/mol. The Morgan fingerprint density at radius 3 is 1.07 bits per heavy atom. The van der Waals surface area contributed by atoms with Gasteiger partial charge in [0.1, 0.15) is 12.3 Å². The van der Waals surface area contributed by atoms with Crippen LogP contribution in [0.4, 0.5) is 11.4 Å². The summed E-state index contributed by atoms with van der Waals surface area (Å²) in [5.41, 5.74) is 14.5. The number of hydrogen-bond donors (Lipinski definition) is 4. The van der Waals surface area contributed by atoms with E-state index in [1.165, 1.54) is 109 Å². The number of para-hydroxylation sites is 2. The maximum atomic E-state index is 3.99. The van der Waals surface area contributed by atoms with E-state index in [1.54, 1.807) is 0 Å². The quantitative estimate of drug-likeness (QED) is 0.126. The SMILES string of the molecule is c1ccc2c(c1)NC(c1ccc3cc(C4Nc5ccccc5C(c5ccc(-c6ccc7c(ccc8ccccc87)c6)cc5)N4)ccc3c1)NC2c1ccc(-c2ccc3c(ccc4ccccc43)c2)cc1. The Kier molecular flexibility index (Phi) is 9.61. The van der Waals surface area contributed by atoms with E-state index in [0.29, 0.717) is 0 Å². The predicted molar refractivity (Wildman–Crippen MR) is 293 cm³/mol. The van der Waals surface area contributed by atoms with Crippen molar-refractivity contribution in [3.05, 3.63) is 276 Å². The summed E-state index contributed by atoms with van der Waals surface area (Å²) in [7, 11) is 0. The second kappa shape index (κ2) is 16.6. The molecular formula is C66H48N4. The van der Waals surface area contributed by atoms with Crippen LogP contribution in [0.1, 0.15) is 57.8 Å². The molecule has 14 rings (SSSR count). The fraction of sp³-hybridized carbons (Fsp3) is 0.0606. The van der Waals surface area contributed by atoms with E-state index in [4.69, 9.17) is 0 Å². The molecule has 4 unspecified atom stereocenters. The number of rotatable bonds is 6. The molecule has 0 saturated heterocycles. The van der Waals surface area contributed by atoms with Crippen LogP contribution in [0.2, 0.25) is 0 Å². The van der Waals surface area contributed by atoms with Gasteiger partial charge >= 0.3 is 0 Å².